The van der Waals surface area contributed by atoms with E-state index in [0.29, 0.717) is 10.6 Å². The molecule has 2 rings (SSSR count). The van der Waals surface area contributed by atoms with Crippen molar-refractivity contribution in [2.24, 2.45) is 0 Å². The van der Waals surface area contributed by atoms with E-state index >= 15 is 0 Å². The fraction of sp³-hybridized carbons (Fsp3) is 0.167. The van der Waals surface area contributed by atoms with Crippen molar-refractivity contribution in [2.45, 2.75) is 13.0 Å². The Bertz CT molecular complexity index is 775. The molecule has 25 heavy (non-hydrogen) atoms. The van der Waals surface area contributed by atoms with Crippen LogP contribution < -0.4 is 5.32 Å². The molecule has 0 radical (unpaired) electrons. The minimum Gasteiger partial charge on any atom is -0.453 e. The number of hydrogen-bond acceptors (Lipinski definition) is 4. The Hall–Kier alpha value is -2.73. The molecule has 5 nitrogen and oxygen atoms in total. The van der Waals surface area contributed by atoms with Crippen LogP contribution in [0.4, 0.5) is 4.39 Å². The Morgan fingerprint density at radius 3 is 2.20 bits per heavy atom. The third-order valence-corrected chi connectivity index (χ3v) is 3.56. The highest BCUT2D eigenvalue weighted by atomic mass is 35.5. The lowest BCUT2D eigenvalue weighted by Crippen LogP contribution is -2.34. The maximum absolute atomic E-state index is 12.9. The van der Waals surface area contributed by atoms with Crippen LogP contribution in [0.5, 0.6) is 0 Å². The zero-order valence-corrected chi connectivity index (χ0v) is 14.0. The van der Waals surface area contributed by atoms with Crippen LogP contribution in [0, 0.1) is 5.82 Å². The molecule has 0 bridgehead atoms. The Morgan fingerprint density at radius 1 is 1.04 bits per heavy atom. The minimum absolute atomic E-state index is 0.229. The number of hydrogen-bond donors (Lipinski definition) is 1. The van der Waals surface area contributed by atoms with Gasteiger partial charge in [-0.05, 0) is 55.5 Å². The third-order valence-electron chi connectivity index (χ3n) is 3.31. The highest BCUT2D eigenvalue weighted by molar-refractivity contribution is 6.30. The Labute approximate surface area is 148 Å². The summed E-state index contributed by atoms with van der Waals surface area (Å²) in [6.45, 7) is 1.02. The van der Waals surface area contributed by atoms with Gasteiger partial charge in [-0.1, -0.05) is 11.6 Å². The van der Waals surface area contributed by atoms with Gasteiger partial charge in [0.15, 0.2) is 6.10 Å². The van der Waals surface area contributed by atoms with Crippen molar-refractivity contribution in [3.63, 3.8) is 0 Å². The molecule has 0 heterocycles. The van der Waals surface area contributed by atoms with E-state index in [-0.39, 0.29) is 12.1 Å². The van der Waals surface area contributed by atoms with Crippen LogP contribution >= 0.6 is 11.6 Å². The second-order valence-corrected chi connectivity index (χ2v) is 5.63. The van der Waals surface area contributed by atoms with E-state index in [1.807, 2.05) is 0 Å². The molecule has 1 atom stereocenters. The Morgan fingerprint density at radius 2 is 1.60 bits per heavy atom. The fourth-order valence-electron chi connectivity index (χ4n) is 2.00. The van der Waals surface area contributed by atoms with Crippen molar-refractivity contribution in [1.82, 2.24) is 5.32 Å². The number of carbonyl (C=O) groups excluding carboxylic acids is 3. The van der Waals surface area contributed by atoms with Crippen molar-refractivity contribution in [1.29, 1.82) is 0 Å². The standard InChI is InChI=1S/C18H15ClFNO4/c1-11(17(23)12-4-8-15(20)9-5-12)25-16(22)10-21-18(24)13-2-6-14(19)7-3-13/h2-9,11H,10H2,1H3,(H,21,24)/t11-/m1/s1. The molecule has 7 heteroatoms. The molecular formula is C18H15ClFNO4. The summed E-state index contributed by atoms with van der Waals surface area (Å²) in [6.07, 6.45) is -1.05. The molecule has 0 aliphatic rings. The number of halogens is 2. The summed E-state index contributed by atoms with van der Waals surface area (Å²) in [5.74, 6) is -2.15. The second kappa shape index (κ2) is 8.39. The number of benzene rings is 2. The average Bonchev–Trinajstić information content (AvgIpc) is 2.60. The van der Waals surface area contributed by atoms with Crippen molar-refractivity contribution in [2.75, 3.05) is 6.54 Å². The highest BCUT2D eigenvalue weighted by Gasteiger charge is 2.20. The van der Waals surface area contributed by atoms with Gasteiger partial charge >= 0.3 is 5.97 Å². The zero-order chi connectivity index (χ0) is 18.4. The molecule has 130 valence electrons. The van der Waals surface area contributed by atoms with E-state index < -0.39 is 29.6 Å². The van der Waals surface area contributed by atoms with Crippen LogP contribution in [0.3, 0.4) is 0 Å². The van der Waals surface area contributed by atoms with Gasteiger partial charge in [0.1, 0.15) is 12.4 Å². The van der Waals surface area contributed by atoms with E-state index in [1.54, 1.807) is 12.1 Å². The number of amides is 1. The quantitative estimate of drug-likeness (QED) is 0.632. The van der Waals surface area contributed by atoms with Crippen LogP contribution in [0.25, 0.3) is 0 Å². The highest BCUT2D eigenvalue weighted by Crippen LogP contribution is 2.10. The van der Waals surface area contributed by atoms with Crippen LogP contribution in [0.2, 0.25) is 5.02 Å². The number of Topliss-reactive ketones (excluding diaryl/α,β-unsaturated/α-hetero) is 1. The Balaban J connectivity index is 1.84. The molecule has 0 saturated heterocycles. The maximum atomic E-state index is 12.9. The van der Waals surface area contributed by atoms with Gasteiger partial charge in [-0.2, -0.15) is 0 Å². The van der Waals surface area contributed by atoms with Crippen molar-refractivity contribution >= 4 is 29.3 Å². The van der Waals surface area contributed by atoms with Crippen LogP contribution in [-0.4, -0.2) is 30.3 Å². The first-order valence-corrected chi connectivity index (χ1v) is 7.77. The number of esters is 1. The summed E-state index contributed by atoms with van der Waals surface area (Å²) in [7, 11) is 0. The number of ether oxygens (including phenoxy) is 1. The predicted octanol–water partition coefficient (Wildman–Crippen LogP) is 3.02. The lowest BCUT2D eigenvalue weighted by Gasteiger charge is -2.13. The summed E-state index contributed by atoms with van der Waals surface area (Å²) in [6, 6.07) is 11.1. The van der Waals surface area contributed by atoms with Gasteiger partial charge in [-0.15, -0.1) is 0 Å². The van der Waals surface area contributed by atoms with Gasteiger partial charge in [0.25, 0.3) is 5.91 Å². The number of nitrogens with one attached hydrogen (secondary N) is 1. The van der Waals surface area contributed by atoms with Gasteiger partial charge < -0.3 is 10.1 Å². The van der Waals surface area contributed by atoms with Gasteiger partial charge in [0.2, 0.25) is 5.78 Å². The summed E-state index contributed by atoms with van der Waals surface area (Å²) in [4.78, 5) is 35.7. The number of carbonyl (C=O) groups is 3. The predicted molar refractivity (Wildman–Crippen MR) is 90.1 cm³/mol. The first kappa shape index (κ1) is 18.6. The van der Waals surface area contributed by atoms with E-state index in [1.165, 1.54) is 31.2 Å². The Kier molecular flexibility index (Phi) is 6.25. The lowest BCUT2D eigenvalue weighted by molar-refractivity contribution is -0.145. The first-order valence-electron chi connectivity index (χ1n) is 7.40. The van der Waals surface area contributed by atoms with Crippen LogP contribution in [0.1, 0.15) is 27.6 Å². The minimum atomic E-state index is -1.05. The molecule has 0 aliphatic carbocycles. The lowest BCUT2D eigenvalue weighted by atomic mass is 10.1. The van der Waals surface area contributed by atoms with Crippen molar-refractivity contribution in [3.8, 4) is 0 Å². The number of rotatable bonds is 6. The topological polar surface area (TPSA) is 72.5 Å². The van der Waals surface area contributed by atoms with Gasteiger partial charge in [0.05, 0.1) is 0 Å². The molecular weight excluding hydrogens is 349 g/mol. The summed E-state index contributed by atoms with van der Waals surface area (Å²) in [5, 5.41) is 2.88. The summed E-state index contributed by atoms with van der Waals surface area (Å²) < 4.78 is 17.8. The summed E-state index contributed by atoms with van der Waals surface area (Å²) >= 11 is 5.73. The molecule has 1 amide bonds. The van der Waals surface area contributed by atoms with E-state index in [9.17, 15) is 18.8 Å². The SMILES string of the molecule is C[C@@H](OC(=O)CNC(=O)c1ccc(Cl)cc1)C(=O)c1ccc(F)cc1. The van der Waals surface area contributed by atoms with E-state index in [2.05, 4.69) is 5.32 Å². The monoisotopic (exact) mass is 363 g/mol. The van der Waals surface area contributed by atoms with Gasteiger partial charge in [0, 0.05) is 16.1 Å². The van der Waals surface area contributed by atoms with Crippen molar-refractivity contribution in [3.05, 3.63) is 70.5 Å². The maximum Gasteiger partial charge on any atom is 0.326 e. The molecule has 0 saturated carbocycles. The molecule has 0 aliphatic heterocycles. The largest absolute Gasteiger partial charge is 0.453 e. The van der Waals surface area contributed by atoms with Crippen LogP contribution in [-0.2, 0) is 9.53 Å². The average molecular weight is 364 g/mol. The van der Waals surface area contributed by atoms with Gasteiger partial charge in [-0.25, -0.2) is 4.39 Å². The molecule has 0 spiro atoms. The second-order valence-electron chi connectivity index (χ2n) is 5.19. The molecule has 2 aromatic carbocycles. The third kappa shape index (κ3) is 5.39. The molecule has 0 aromatic heterocycles. The van der Waals surface area contributed by atoms with E-state index in [0.717, 1.165) is 12.1 Å². The fourth-order valence-corrected chi connectivity index (χ4v) is 2.12. The number of ketones is 1. The molecule has 1 N–H and O–H groups in total. The molecule has 0 unspecified atom stereocenters. The first-order chi connectivity index (χ1) is 11.9. The molecule has 0 fully saturated rings. The van der Waals surface area contributed by atoms with Gasteiger partial charge in [-0.3, -0.25) is 14.4 Å². The normalized spacial score (nSPS) is 11.5. The smallest absolute Gasteiger partial charge is 0.326 e. The van der Waals surface area contributed by atoms with E-state index in [4.69, 9.17) is 16.3 Å². The molecule has 2 aromatic rings. The van der Waals surface area contributed by atoms with Crippen molar-refractivity contribution < 1.29 is 23.5 Å². The van der Waals surface area contributed by atoms with Crippen LogP contribution in [0.15, 0.2) is 48.5 Å². The zero-order valence-electron chi connectivity index (χ0n) is 13.3. The summed E-state index contributed by atoms with van der Waals surface area (Å²) in [5.41, 5.74) is 0.569.